The maximum Gasteiger partial charge on any atom is 0.242 e. The van der Waals surface area contributed by atoms with Crippen LogP contribution in [-0.4, -0.2) is 35.1 Å². The summed E-state index contributed by atoms with van der Waals surface area (Å²) in [5.41, 5.74) is 2.77. The Bertz CT molecular complexity index is 949. The Morgan fingerprint density at radius 1 is 1.10 bits per heavy atom. The number of amides is 2. The predicted octanol–water partition coefficient (Wildman–Crippen LogP) is 3.99. The second-order valence-corrected chi connectivity index (χ2v) is 9.05. The minimum Gasteiger partial charge on any atom is -0.454 e. The number of fused-ring (bicyclic) bond motifs is 1. The number of aryl methyl sites for hydroxylation is 2. The fraction of sp³-hybridized carbons (Fsp3) is 0.440. The van der Waals surface area contributed by atoms with E-state index in [2.05, 4.69) is 5.32 Å². The number of nitrogens with one attached hydrogen (secondary N) is 1. The molecule has 3 rings (SSSR count). The first-order valence-corrected chi connectivity index (χ1v) is 10.7. The van der Waals surface area contributed by atoms with Gasteiger partial charge in [-0.3, -0.25) is 9.59 Å². The second-order valence-electron chi connectivity index (χ2n) is 9.05. The van der Waals surface area contributed by atoms with Crippen LogP contribution >= 0.6 is 0 Å². The summed E-state index contributed by atoms with van der Waals surface area (Å²) in [6.45, 7) is 10.2. The van der Waals surface area contributed by atoms with Crippen LogP contribution in [0.3, 0.4) is 0 Å². The molecule has 0 spiro atoms. The van der Waals surface area contributed by atoms with E-state index < -0.39 is 6.04 Å². The minimum atomic E-state index is -0.580. The Labute approximate surface area is 184 Å². The number of rotatable bonds is 7. The second kappa shape index (κ2) is 9.41. The molecule has 2 amide bonds. The zero-order valence-corrected chi connectivity index (χ0v) is 19.0. The lowest BCUT2D eigenvalue weighted by Gasteiger charge is -2.32. The zero-order chi connectivity index (χ0) is 22.6. The monoisotopic (exact) mass is 424 g/mol. The summed E-state index contributed by atoms with van der Waals surface area (Å²) >= 11 is 0. The van der Waals surface area contributed by atoms with E-state index in [1.807, 2.05) is 70.2 Å². The summed E-state index contributed by atoms with van der Waals surface area (Å²) in [6.07, 6.45) is 0.867. The largest absolute Gasteiger partial charge is 0.454 e. The smallest absolute Gasteiger partial charge is 0.242 e. The Morgan fingerprint density at radius 3 is 2.52 bits per heavy atom. The number of carbonyl (C=O) groups is 2. The molecule has 0 aromatic heterocycles. The maximum absolute atomic E-state index is 13.3. The summed E-state index contributed by atoms with van der Waals surface area (Å²) in [7, 11) is 0. The summed E-state index contributed by atoms with van der Waals surface area (Å²) in [6, 6.07) is 13.1. The molecule has 1 aliphatic heterocycles. The van der Waals surface area contributed by atoms with Gasteiger partial charge in [-0.1, -0.05) is 30.3 Å². The van der Waals surface area contributed by atoms with Crippen LogP contribution < -0.4 is 14.8 Å². The van der Waals surface area contributed by atoms with Gasteiger partial charge < -0.3 is 19.7 Å². The van der Waals surface area contributed by atoms with E-state index in [0.717, 1.165) is 22.4 Å². The van der Waals surface area contributed by atoms with Crippen molar-refractivity contribution in [2.75, 3.05) is 6.79 Å². The van der Waals surface area contributed by atoms with Crippen molar-refractivity contribution in [3.8, 4) is 11.5 Å². The SMILES string of the molecule is Cc1ccccc1CN(C(=O)CCc1ccc2c(c1)OCO2)C(C)C(=O)NC(C)(C)C. The van der Waals surface area contributed by atoms with Crippen LogP contribution in [0.5, 0.6) is 11.5 Å². The van der Waals surface area contributed by atoms with Crippen molar-refractivity contribution in [3.63, 3.8) is 0 Å². The van der Waals surface area contributed by atoms with Crippen molar-refractivity contribution in [1.82, 2.24) is 10.2 Å². The van der Waals surface area contributed by atoms with Crippen LogP contribution in [0.1, 0.15) is 50.8 Å². The Morgan fingerprint density at radius 2 is 1.81 bits per heavy atom. The molecule has 1 N–H and O–H groups in total. The average Bonchev–Trinajstić information content (AvgIpc) is 3.17. The summed E-state index contributed by atoms with van der Waals surface area (Å²) in [4.78, 5) is 27.8. The van der Waals surface area contributed by atoms with Crippen molar-refractivity contribution >= 4 is 11.8 Å². The minimum absolute atomic E-state index is 0.0579. The molecular weight excluding hydrogens is 392 g/mol. The molecule has 0 radical (unpaired) electrons. The van der Waals surface area contributed by atoms with E-state index in [-0.39, 0.29) is 24.1 Å². The van der Waals surface area contributed by atoms with Crippen LogP contribution in [0.25, 0.3) is 0 Å². The van der Waals surface area contributed by atoms with Crippen LogP contribution in [0.2, 0.25) is 0 Å². The molecule has 1 aliphatic rings. The van der Waals surface area contributed by atoms with E-state index in [1.165, 1.54) is 0 Å². The molecule has 1 unspecified atom stereocenters. The number of carbonyl (C=O) groups excluding carboxylic acids is 2. The molecule has 0 saturated heterocycles. The van der Waals surface area contributed by atoms with Gasteiger partial charge in [0.25, 0.3) is 0 Å². The molecule has 31 heavy (non-hydrogen) atoms. The third-order valence-electron chi connectivity index (χ3n) is 5.33. The standard InChI is InChI=1S/C25H32N2O4/c1-17-8-6-7-9-20(17)15-27(18(2)24(29)26-25(3,4)5)23(28)13-11-19-10-12-21-22(14-19)31-16-30-21/h6-10,12,14,18H,11,13,15-16H2,1-5H3,(H,26,29). The molecule has 0 bridgehead atoms. The van der Waals surface area contributed by atoms with E-state index in [4.69, 9.17) is 9.47 Å². The van der Waals surface area contributed by atoms with Crippen LogP contribution in [0, 0.1) is 6.92 Å². The van der Waals surface area contributed by atoms with Gasteiger partial charge >= 0.3 is 0 Å². The normalized spacial score (nSPS) is 13.6. The topological polar surface area (TPSA) is 67.9 Å². The van der Waals surface area contributed by atoms with Gasteiger partial charge in [-0.15, -0.1) is 0 Å². The molecule has 0 saturated carbocycles. The van der Waals surface area contributed by atoms with Crippen molar-refractivity contribution < 1.29 is 19.1 Å². The lowest BCUT2D eigenvalue weighted by Crippen LogP contribution is -2.52. The van der Waals surface area contributed by atoms with Crippen molar-refractivity contribution in [2.24, 2.45) is 0 Å². The highest BCUT2D eigenvalue weighted by atomic mass is 16.7. The average molecular weight is 425 g/mol. The molecule has 2 aromatic rings. The van der Waals surface area contributed by atoms with Gasteiger partial charge in [-0.05, 0) is 69.9 Å². The van der Waals surface area contributed by atoms with Crippen LogP contribution in [0.15, 0.2) is 42.5 Å². The highest BCUT2D eigenvalue weighted by Crippen LogP contribution is 2.32. The summed E-state index contributed by atoms with van der Waals surface area (Å²) < 4.78 is 10.8. The Balaban J connectivity index is 1.74. The van der Waals surface area contributed by atoms with E-state index in [1.54, 1.807) is 11.8 Å². The van der Waals surface area contributed by atoms with Crippen molar-refractivity contribution in [3.05, 3.63) is 59.2 Å². The van der Waals surface area contributed by atoms with E-state index in [9.17, 15) is 9.59 Å². The molecule has 166 valence electrons. The number of benzene rings is 2. The predicted molar refractivity (Wildman–Crippen MR) is 120 cm³/mol. The number of ether oxygens (including phenoxy) is 2. The van der Waals surface area contributed by atoms with Gasteiger partial charge in [0, 0.05) is 18.5 Å². The quantitative estimate of drug-likeness (QED) is 0.730. The van der Waals surface area contributed by atoms with Gasteiger partial charge in [0.1, 0.15) is 6.04 Å². The molecule has 0 aliphatic carbocycles. The van der Waals surface area contributed by atoms with Crippen LogP contribution in [-0.2, 0) is 22.6 Å². The maximum atomic E-state index is 13.3. The summed E-state index contributed by atoms with van der Waals surface area (Å²) in [5, 5.41) is 2.99. The lowest BCUT2D eigenvalue weighted by atomic mass is 10.0. The molecule has 1 heterocycles. The van der Waals surface area contributed by atoms with E-state index >= 15 is 0 Å². The molecule has 0 fully saturated rings. The third-order valence-corrected chi connectivity index (χ3v) is 5.33. The van der Waals surface area contributed by atoms with Gasteiger partial charge in [-0.25, -0.2) is 0 Å². The van der Waals surface area contributed by atoms with Crippen molar-refractivity contribution in [1.29, 1.82) is 0 Å². The van der Waals surface area contributed by atoms with Gasteiger partial charge in [0.05, 0.1) is 0 Å². The molecule has 1 atom stereocenters. The highest BCUT2D eigenvalue weighted by molar-refractivity contribution is 5.87. The van der Waals surface area contributed by atoms with Gasteiger partial charge in [-0.2, -0.15) is 0 Å². The van der Waals surface area contributed by atoms with Gasteiger partial charge in [0.15, 0.2) is 11.5 Å². The Kier molecular flexibility index (Phi) is 6.88. The summed E-state index contributed by atoms with van der Waals surface area (Å²) in [5.74, 6) is 1.22. The lowest BCUT2D eigenvalue weighted by molar-refractivity contribution is -0.141. The molecule has 6 heteroatoms. The first kappa shape index (κ1) is 22.7. The molecule has 2 aromatic carbocycles. The van der Waals surface area contributed by atoms with E-state index in [0.29, 0.717) is 25.1 Å². The molecular formula is C25H32N2O4. The first-order valence-electron chi connectivity index (χ1n) is 10.7. The highest BCUT2D eigenvalue weighted by Gasteiger charge is 2.28. The fourth-order valence-electron chi connectivity index (χ4n) is 3.52. The van der Waals surface area contributed by atoms with Crippen LogP contribution in [0.4, 0.5) is 0 Å². The molecule has 6 nitrogen and oxygen atoms in total. The fourth-order valence-corrected chi connectivity index (χ4v) is 3.52. The zero-order valence-electron chi connectivity index (χ0n) is 19.0. The number of hydrogen-bond donors (Lipinski definition) is 1. The Hall–Kier alpha value is -3.02. The third kappa shape index (κ3) is 6.00. The number of nitrogens with zero attached hydrogens (tertiary/aromatic N) is 1. The first-order chi connectivity index (χ1) is 14.6. The van der Waals surface area contributed by atoms with Crippen molar-refractivity contribution in [2.45, 2.75) is 65.6 Å². The number of hydrogen-bond acceptors (Lipinski definition) is 4. The van der Waals surface area contributed by atoms with Gasteiger partial charge in [0.2, 0.25) is 18.6 Å².